The first-order chi connectivity index (χ1) is 38.2. The third-order valence-corrected chi connectivity index (χ3v) is 14.0. The summed E-state index contributed by atoms with van der Waals surface area (Å²) in [5, 5.41) is 5.81. The van der Waals surface area contributed by atoms with Gasteiger partial charge in [0.1, 0.15) is 0 Å². The lowest BCUT2D eigenvalue weighted by atomic mass is 9.99. The average Bonchev–Trinajstić information content (AvgIpc) is 3.53. The Labute approximate surface area is 456 Å². The number of ketones is 2. The van der Waals surface area contributed by atoms with Gasteiger partial charge in [0, 0.05) is 121 Å². The number of benzene rings is 8. The SMILES string of the molecule is O=C(NCCc1ccccc1)c1cccc(C(=O)c2cccc(C(=O)NCCc3ccccc3)c2)c1.O=C(c1cccc(C(=O)N2CCN(c3ccccc3)CC2)c1)c1cccc(C(=O)N2CCN(c3ccccc3)CC2)c1. The minimum absolute atomic E-state index is 0.0732. The number of hydrogen-bond donors (Lipinski definition) is 2. The molecular formula is C66H62N6O6. The van der Waals surface area contributed by atoms with Crippen LogP contribution in [0.2, 0.25) is 0 Å². The third kappa shape index (κ3) is 14.1. The number of nitrogens with one attached hydrogen (secondary N) is 2. The standard InChI is InChI=1S/C35H34N4O3.C31H28N2O3/c40-33(27-9-7-11-29(25-27)34(41)38-21-17-36(18-22-38)31-13-3-1-4-14-31)28-10-8-12-30(26-28)35(42)39-23-19-37(20-24-39)32-15-5-2-6-16-32;34-29(25-13-7-15-27(21-25)30(35)32-19-17-23-9-3-1-4-10-23)26-14-8-16-28(22-26)31(36)33-20-18-24-11-5-2-6-12-24/h1-16,25-26H,17-24H2;1-16,21-22H,17-20H2,(H,32,35)(H,33,36). The summed E-state index contributed by atoms with van der Waals surface area (Å²) in [5.41, 5.74) is 8.10. The first kappa shape index (κ1) is 53.4. The molecule has 8 aromatic rings. The number of rotatable bonds is 16. The molecule has 0 atom stereocenters. The monoisotopic (exact) mass is 1030 g/mol. The van der Waals surface area contributed by atoms with Crippen molar-refractivity contribution in [1.82, 2.24) is 20.4 Å². The van der Waals surface area contributed by atoms with Crippen LogP contribution in [0.4, 0.5) is 11.4 Å². The lowest BCUT2D eigenvalue weighted by molar-refractivity contribution is 0.0739. The number of anilines is 2. The van der Waals surface area contributed by atoms with Crippen LogP contribution < -0.4 is 20.4 Å². The van der Waals surface area contributed by atoms with E-state index in [-0.39, 0.29) is 35.2 Å². The van der Waals surface area contributed by atoms with E-state index in [9.17, 15) is 28.8 Å². The molecule has 10 rings (SSSR count). The van der Waals surface area contributed by atoms with Gasteiger partial charge in [-0.15, -0.1) is 0 Å². The predicted octanol–water partition coefficient (Wildman–Crippen LogP) is 9.71. The van der Waals surface area contributed by atoms with E-state index in [1.54, 1.807) is 97.1 Å². The highest BCUT2D eigenvalue weighted by atomic mass is 16.2. The van der Waals surface area contributed by atoms with Crippen molar-refractivity contribution in [3.63, 3.8) is 0 Å². The molecule has 2 saturated heterocycles. The van der Waals surface area contributed by atoms with Gasteiger partial charge in [-0.3, -0.25) is 28.8 Å². The molecule has 12 nitrogen and oxygen atoms in total. The Hall–Kier alpha value is -9.42. The van der Waals surface area contributed by atoms with Gasteiger partial charge >= 0.3 is 0 Å². The average molecular weight is 1040 g/mol. The van der Waals surface area contributed by atoms with Gasteiger partial charge in [0.15, 0.2) is 11.6 Å². The van der Waals surface area contributed by atoms with E-state index < -0.39 is 0 Å². The van der Waals surface area contributed by atoms with Crippen LogP contribution in [-0.2, 0) is 12.8 Å². The van der Waals surface area contributed by atoms with E-state index >= 15 is 0 Å². The van der Waals surface area contributed by atoms with Gasteiger partial charge < -0.3 is 30.2 Å². The topological polar surface area (TPSA) is 139 Å². The molecule has 2 aliphatic rings. The van der Waals surface area contributed by atoms with Crippen LogP contribution in [-0.4, -0.2) is 110 Å². The normalized spacial score (nSPS) is 13.1. The van der Waals surface area contributed by atoms with Crippen molar-refractivity contribution < 1.29 is 28.8 Å². The highest BCUT2D eigenvalue weighted by Crippen LogP contribution is 2.22. The zero-order valence-electron chi connectivity index (χ0n) is 43.5. The molecule has 4 amide bonds. The summed E-state index contributed by atoms with van der Waals surface area (Å²) in [6.07, 6.45) is 1.46. The minimum atomic E-state index is -0.243. The molecule has 2 fully saturated rings. The Morgan fingerprint density at radius 1 is 0.308 bits per heavy atom. The van der Waals surface area contributed by atoms with E-state index in [0.29, 0.717) is 83.8 Å². The minimum Gasteiger partial charge on any atom is -0.368 e. The van der Waals surface area contributed by atoms with Crippen LogP contribution in [0.5, 0.6) is 0 Å². The van der Waals surface area contributed by atoms with Crippen LogP contribution >= 0.6 is 0 Å². The van der Waals surface area contributed by atoms with Crippen LogP contribution in [0.1, 0.15) is 84.4 Å². The number of hydrogen-bond acceptors (Lipinski definition) is 8. The summed E-state index contributed by atoms with van der Waals surface area (Å²) >= 11 is 0. The van der Waals surface area contributed by atoms with Gasteiger partial charge in [0.05, 0.1) is 0 Å². The Balaban J connectivity index is 0.000000192. The lowest BCUT2D eigenvalue weighted by Crippen LogP contribution is -2.48. The zero-order chi connectivity index (χ0) is 54.1. The van der Waals surface area contributed by atoms with Crippen LogP contribution in [0.3, 0.4) is 0 Å². The number of amides is 4. The van der Waals surface area contributed by atoms with Crippen molar-refractivity contribution in [3.05, 3.63) is 274 Å². The Bertz CT molecular complexity index is 3120. The van der Waals surface area contributed by atoms with Crippen molar-refractivity contribution in [2.45, 2.75) is 12.8 Å². The molecule has 12 heteroatoms. The molecule has 2 heterocycles. The van der Waals surface area contributed by atoms with Gasteiger partial charge in [-0.1, -0.05) is 146 Å². The highest BCUT2D eigenvalue weighted by molar-refractivity contribution is 6.12. The summed E-state index contributed by atoms with van der Waals surface area (Å²) in [6, 6.07) is 67.4. The third-order valence-electron chi connectivity index (χ3n) is 14.0. The molecule has 0 radical (unpaired) electrons. The fraction of sp³-hybridized carbons (Fsp3) is 0.182. The number of para-hydroxylation sites is 2. The Morgan fingerprint density at radius 2 is 0.590 bits per heavy atom. The van der Waals surface area contributed by atoms with Crippen molar-refractivity contribution in [2.24, 2.45) is 0 Å². The molecule has 8 aromatic carbocycles. The van der Waals surface area contributed by atoms with Crippen molar-refractivity contribution in [3.8, 4) is 0 Å². The summed E-state index contributed by atoms with van der Waals surface area (Å²) < 4.78 is 0. The predicted molar refractivity (Wildman–Crippen MR) is 307 cm³/mol. The van der Waals surface area contributed by atoms with E-state index in [1.165, 1.54) is 0 Å². The number of carbonyl (C=O) groups excluding carboxylic acids is 6. The first-order valence-corrected chi connectivity index (χ1v) is 26.5. The second-order valence-electron chi connectivity index (χ2n) is 19.2. The maximum Gasteiger partial charge on any atom is 0.253 e. The molecule has 2 aliphatic heterocycles. The van der Waals surface area contributed by atoms with Crippen molar-refractivity contribution in [1.29, 1.82) is 0 Å². The van der Waals surface area contributed by atoms with Crippen molar-refractivity contribution >= 4 is 46.6 Å². The second kappa shape index (κ2) is 26.4. The largest absolute Gasteiger partial charge is 0.368 e. The van der Waals surface area contributed by atoms with Crippen LogP contribution in [0.15, 0.2) is 218 Å². The van der Waals surface area contributed by atoms with Gasteiger partial charge in [0.2, 0.25) is 0 Å². The van der Waals surface area contributed by atoms with Crippen LogP contribution in [0.25, 0.3) is 0 Å². The van der Waals surface area contributed by atoms with Crippen LogP contribution in [0, 0.1) is 0 Å². The molecule has 0 aromatic heterocycles. The van der Waals surface area contributed by atoms with E-state index in [1.807, 2.05) is 107 Å². The zero-order valence-corrected chi connectivity index (χ0v) is 43.5. The number of piperazine rings is 2. The molecule has 0 saturated carbocycles. The molecule has 0 unspecified atom stereocenters. The molecular weight excluding hydrogens is 973 g/mol. The summed E-state index contributed by atoms with van der Waals surface area (Å²) in [4.78, 5) is 86.8. The second-order valence-corrected chi connectivity index (χ2v) is 19.2. The Kier molecular flexibility index (Phi) is 18.1. The van der Waals surface area contributed by atoms with Gasteiger partial charge in [0.25, 0.3) is 23.6 Å². The van der Waals surface area contributed by atoms with Crippen molar-refractivity contribution in [2.75, 3.05) is 75.2 Å². The van der Waals surface area contributed by atoms with E-state index in [2.05, 4.69) is 44.7 Å². The first-order valence-electron chi connectivity index (χ1n) is 26.5. The lowest BCUT2D eigenvalue weighted by Gasteiger charge is -2.36. The molecule has 2 N–H and O–H groups in total. The van der Waals surface area contributed by atoms with E-state index in [4.69, 9.17) is 0 Å². The van der Waals surface area contributed by atoms with Gasteiger partial charge in [-0.05, 0) is 96.8 Å². The molecule has 0 aliphatic carbocycles. The molecule has 0 spiro atoms. The molecule has 0 bridgehead atoms. The Morgan fingerprint density at radius 3 is 0.923 bits per heavy atom. The number of nitrogens with zero attached hydrogens (tertiary/aromatic N) is 4. The quantitative estimate of drug-likeness (QED) is 0.0913. The van der Waals surface area contributed by atoms with Gasteiger partial charge in [-0.2, -0.15) is 0 Å². The summed E-state index contributed by atoms with van der Waals surface area (Å²) in [6.45, 7) is 6.53. The highest BCUT2D eigenvalue weighted by Gasteiger charge is 2.26. The summed E-state index contributed by atoms with van der Waals surface area (Å²) in [5.74, 6) is -1.05. The van der Waals surface area contributed by atoms with E-state index in [0.717, 1.165) is 61.5 Å². The summed E-state index contributed by atoms with van der Waals surface area (Å²) in [7, 11) is 0. The van der Waals surface area contributed by atoms with Gasteiger partial charge in [-0.25, -0.2) is 0 Å². The maximum atomic E-state index is 13.5. The molecule has 392 valence electrons. The fourth-order valence-electron chi connectivity index (χ4n) is 9.64. The maximum absolute atomic E-state index is 13.5. The smallest absolute Gasteiger partial charge is 0.253 e. The molecule has 78 heavy (non-hydrogen) atoms. The fourth-order valence-corrected chi connectivity index (χ4v) is 9.64. The number of carbonyl (C=O) groups is 6.